The van der Waals surface area contributed by atoms with Gasteiger partial charge < -0.3 is 15.0 Å². The zero-order chi connectivity index (χ0) is 18.2. The molecule has 1 aromatic heterocycles. The van der Waals surface area contributed by atoms with Crippen molar-refractivity contribution in [2.45, 2.75) is 26.3 Å². The second kappa shape index (κ2) is 9.11. The van der Waals surface area contributed by atoms with Gasteiger partial charge >= 0.3 is 0 Å². The van der Waals surface area contributed by atoms with Gasteiger partial charge in [0.05, 0.1) is 12.2 Å². The third kappa shape index (κ3) is 5.52. The van der Waals surface area contributed by atoms with Crippen LogP contribution in [0.4, 0.5) is 0 Å². The van der Waals surface area contributed by atoms with Crippen LogP contribution in [-0.2, 0) is 13.6 Å². The molecule has 0 amide bonds. The molecule has 0 saturated carbocycles. The summed E-state index contributed by atoms with van der Waals surface area (Å²) < 4.78 is 7.58. The van der Waals surface area contributed by atoms with E-state index < -0.39 is 0 Å². The number of guanidine groups is 1. The molecule has 0 spiro atoms. The summed E-state index contributed by atoms with van der Waals surface area (Å²) in [5.41, 5.74) is 2.36. The molecular formula is C19H29N5O. The van der Waals surface area contributed by atoms with Crippen LogP contribution in [0.1, 0.15) is 31.0 Å². The molecule has 1 heterocycles. The highest BCUT2D eigenvalue weighted by atomic mass is 16.5. The average molecular weight is 343 g/mol. The lowest BCUT2D eigenvalue weighted by atomic mass is 10.1. The lowest BCUT2D eigenvalue weighted by molar-refractivity contribution is 0.319. The number of aliphatic imine (C=N–C) groups is 1. The molecule has 0 atom stereocenters. The van der Waals surface area contributed by atoms with E-state index >= 15 is 0 Å². The number of rotatable bonds is 7. The van der Waals surface area contributed by atoms with Crippen molar-refractivity contribution in [1.82, 2.24) is 20.0 Å². The van der Waals surface area contributed by atoms with Crippen LogP contribution in [0.25, 0.3) is 0 Å². The summed E-state index contributed by atoms with van der Waals surface area (Å²) in [4.78, 5) is 6.46. The lowest BCUT2D eigenvalue weighted by Gasteiger charge is -2.22. The Bertz CT molecular complexity index is 678. The van der Waals surface area contributed by atoms with Gasteiger partial charge in [-0.05, 0) is 18.1 Å². The Hall–Kier alpha value is -2.50. The number of nitrogens with zero attached hydrogens (tertiary/aromatic N) is 4. The minimum Gasteiger partial charge on any atom is -0.492 e. The number of aromatic nitrogens is 2. The number of para-hydroxylation sites is 1. The molecular weight excluding hydrogens is 314 g/mol. The van der Waals surface area contributed by atoms with Crippen molar-refractivity contribution < 1.29 is 4.74 Å². The smallest absolute Gasteiger partial charge is 0.193 e. The van der Waals surface area contributed by atoms with E-state index in [1.165, 1.54) is 5.56 Å². The number of nitrogens with one attached hydrogen (secondary N) is 1. The fourth-order valence-electron chi connectivity index (χ4n) is 2.73. The first kappa shape index (κ1) is 18.8. The van der Waals surface area contributed by atoms with Crippen LogP contribution in [0, 0.1) is 0 Å². The molecule has 25 heavy (non-hydrogen) atoms. The number of aryl methyl sites for hydroxylation is 1. The van der Waals surface area contributed by atoms with Crippen molar-refractivity contribution in [2.75, 3.05) is 27.2 Å². The van der Waals surface area contributed by atoms with Crippen LogP contribution in [0.5, 0.6) is 5.75 Å². The normalized spacial score (nSPS) is 11.7. The first-order chi connectivity index (χ1) is 12.0. The molecule has 0 bridgehead atoms. The van der Waals surface area contributed by atoms with Gasteiger partial charge in [0.25, 0.3) is 0 Å². The fourth-order valence-corrected chi connectivity index (χ4v) is 2.73. The van der Waals surface area contributed by atoms with Crippen molar-refractivity contribution in [3.05, 3.63) is 47.8 Å². The van der Waals surface area contributed by atoms with Crippen LogP contribution in [0.15, 0.2) is 41.5 Å². The molecule has 0 saturated heterocycles. The third-order valence-corrected chi connectivity index (χ3v) is 3.86. The molecule has 0 unspecified atom stereocenters. The Balaban J connectivity index is 1.85. The Kier molecular flexibility index (Phi) is 6.86. The Morgan fingerprint density at radius 3 is 2.68 bits per heavy atom. The highest BCUT2D eigenvalue weighted by molar-refractivity contribution is 5.79. The molecule has 6 nitrogen and oxygen atoms in total. The van der Waals surface area contributed by atoms with E-state index in [9.17, 15) is 0 Å². The van der Waals surface area contributed by atoms with Crippen LogP contribution in [0.3, 0.4) is 0 Å². The second-order valence-electron chi connectivity index (χ2n) is 6.36. The van der Waals surface area contributed by atoms with Gasteiger partial charge in [0.15, 0.2) is 5.96 Å². The first-order valence-electron chi connectivity index (χ1n) is 8.63. The predicted molar refractivity (Wildman–Crippen MR) is 102 cm³/mol. The van der Waals surface area contributed by atoms with Gasteiger partial charge in [-0.1, -0.05) is 32.0 Å². The zero-order valence-electron chi connectivity index (χ0n) is 15.9. The minimum atomic E-state index is 0.402. The molecule has 0 aliphatic heterocycles. The summed E-state index contributed by atoms with van der Waals surface area (Å²) in [5, 5.41) is 7.91. The van der Waals surface area contributed by atoms with Crippen molar-refractivity contribution in [3.63, 3.8) is 0 Å². The topological polar surface area (TPSA) is 54.7 Å². The van der Waals surface area contributed by atoms with E-state index in [1.807, 2.05) is 49.1 Å². The van der Waals surface area contributed by atoms with Gasteiger partial charge in [0.1, 0.15) is 12.4 Å². The standard InChI is InChI=1S/C19H29N5O/c1-15(2)18-16(14-24(5)22-18)13-23(4)19(20-3)21-11-12-25-17-9-7-6-8-10-17/h6-10,14-15H,11-13H2,1-5H3,(H,20,21). The SMILES string of the molecule is CN=C(NCCOc1ccccc1)N(C)Cc1cn(C)nc1C(C)C. The molecule has 1 N–H and O–H groups in total. The molecule has 136 valence electrons. The molecule has 0 aliphatic carbocycles. The molecule has 0 radical (unpaired) electrons. The summed E-state index contributed by atoms with van der Waals surface area (Å²) >= 11 is 0. The maximum Gasteiger partial charge on any atom is 0.193 e. The van der Waals surface area contributed by atoms with E-state index in [0.29, 0.717) is 19.1 Å². The van der Waals surface area contributed by atoms with Gasteiger partial charge in [-0.3, -0.25) is 9.67 Å². The highest BCUT2D eigenvalue weighted by Gasteiger charge is 2.14. The lowest BCUT2D eigenvalue weighted by Crippen LogP contribution is -2.40. The van der Waals surface area contributed by atoms with E-state index in [0.717, 1.165) is 23.9 Å². The molecule has 1 aromatic carbocycles. The van der Waals surface area contributed by atoms with E-state index in [4.69, 9.17) is 4.74 Å². The van der Waals surface area contributed by atoms with Crippen LogP contribution in [0.2, 0.25) is 0 Å². The maximum absolute atomic E-state index is 5.70. The highest BCUT2D eigenvalue weighted by Crippen LogP contribution is 2.18. The van der Waals surface area contributed by atoms with Gasteiger partial charge in [-0.25, -0.2) is 0 Å². The van der Waals surface area contributed by atoms with E-state index in [1.54, 1.807) is 7.05 Å². The molecule has 2 rings (SSSR count). The van der Waals surface area contributed by atoms with Gasteiger partial charge in [0.2, 0.25) is 0 Å². The van der Waals surface area contributed by atoms with Gasteiger partial charge in [0, 0.05) is 39.4 Å². The Morgan fingerprint density at radius 2 is 2.04 bits per heavy atom. The summed E-state index contributed by atoms with van der Waals surface area (Å²) in [6.45, 7) is 6.37. The number of ether oxygens (including phenoxy) is 1. The van der Waals surface area contributed by atoms with Crippen LogP contribution in [-0.4, -0.2) is 47.9 Å². The Labute approximate surface area is 150 Å². The fraction of sp³-hybridized carbons (Fsp3) is 0.474. The van der Waals surface area contributed by atoms with Crippen molar-refractivity contribution in [2.24, 2.45) is 12.0 Å². The quantitative estimate of drug-likeness (QED) is 0.477. The van der Waals surface area contributed by atoms with Crippen molar-refractivity contribution in [1.29, 1.82) is 0 Å². The molecule has 0 fully saturated rings. The largest absolute Gasteiger partial charge is 0.492 e. The predicted octanol–water partition coefficient (Wildman–Crippen LogP) is 2.63. The molecule has 0 aliphatic rings. The van der Waals surface area contributed by atoms with E-state index in [2.05, 4.69) is 40.4 Å². The average Bonchev–Trinajstić information content (AvgIpc) is 2.96. The van der Waals surface area contributed by atoms with Gasteiger partial charge in [-0.2, -0.15) is 5.10 Å². The summed E-state index contributed by atoms with van der Waals surface area (Å²) in [6.07, 6.45) is 2.08. The second-order valence-corrected chi connectivity index (χ2v) is 6.36. The van der Waals surface area contributed by atoms with Crippen molar-refractivity contribution >= 4 is 5.96 Å². The van der Waals surface area contributed by atoms with Crippen LogP contribution >= 0.6 is 0 Å². The van der Waals surface area contributed by atoms with Crippen molar-refractivity contribution in [3.8, 4) is 5.75 Å². The molecule has 6 heteroatoms. The van der Waals surface area contributed by atoms with Crippen LogP contribution < -0.4 is 10.1 Å². The number of hydrogen-bond donors (Lipinski definition) is 1. The summed E-state index contributed by atoms with van der Waals surface area (Å²) in [5.74, 6) is 2.12. The summed E-state index contributed by atoms with van der Waals surface area (Å²) in [6, 6.07) is 9.82. The van der Waals surface area contributed by atoms with E-state index in [-0.39, 0.29) is 0 Å². The third-order valence-electron chi connectivity index (χ3n) is 3.86. The van der Waals surface area contributed by atoms with Gasteiger partial charge in [-0.15, -0.1) is 0 Å². The monoisotopic (exact) mass is 343 g/mol. The Morgan fingerprint density at radius 1 is 1.32 bits per heavy atom. The minimum absolute atomic E-state index is 0.402. The summed E-state index contributed by atoms with van der Waals surface area (Å²) in [7, 11) is 5.79. The number of benzene rings is 1. The maximum atomic E-state index is 5.70. The number of hydrogen-bond acceptors (Lipinski definition) is 3. The first-order valence-corrected chi connectivity index (χ1v) is 8.63. The zero-order valence-corrected chi connectivity index (χ0v) is 15.9. The molecule has 2 aromatic rings.